The van der Waals surface area contributed by atoms with Gasteiger partial charge in [0.25, 0.3) is 0 Å². The van der Waals surface area contributed by atoms with Crippen LogP contribution in [0.2, 0.25) is 0 Å². The van der Waals surface area contributed by atoms with Gasteiger partial charge in [0.15, 0.2) is 0 Å². The number of nitrogens with zero attached hydrogens (tertiary/aromatic N) is 2. The molecule has 1 aromatic heterocycles. The van der Waals surface area contributed by atoms with Crippen molar-refractivity contribution in [1.82, 2.24) is 9.97 Å². The van der Waals surface area contributed by atoms with Crippen molar-refractivity contribution >= 4 is 17.7 Å². The van der Waals surface area contributed by atoms with Crippen molar-refractivity contribution in [3.8, 4) is 0 Å². The number of ether oxygens (including phenoxy) is 1. The third-order valence-electron chi connectivity index (χ3n) is 1.78. The number of thioether (sulfide) groups is 1. The quantitative estimate of drug-likeness (QED) is 0.445. The highest BCUT2D eigenvalue weighted by Gasteiger charge is 2.11. The van der Waals surface area contributed by atoms with Crippen LogP contribution in [0.15, 0.2) is 17.4 Å². The summed E-state index contributed by atoms with van der Waals surface area (Å²) in [4.78, 5) is 19.1. The summed E-state index contributed by atoms with van der Waals surface area (Å²) in [6.07, 6.45) is 1.92. The van der Waals surface area contributed by atoms with Gasteiger partial charge in [0.2, 0.25) is 0 Å². The van der Waals surface area contributed by atoms with Crippen LogP contribution in [0.3, 0.4) is 0 Å². The van der Waals surface area contributed by atoms with Crippen LogP contribution in [-0.4, -0.2) is 28.3 Å². The second-order valence-corrected chi connectivity index (χ2v) is 4.67. The average Bonchev–Trinajstić information content (AvgIpc) is 2.17. The van der Waals surface area contributed by atoms with E-state index in [9.17, 15) is 4.79 Å². The van der Waals surface area contributed by atoms with E-state index in [1.165, 1.54) is 13.4 Å². The number of esters is 1. The molecule has 0 aliphatic carbocycles. The van der Waals surface area contributed by atoms with Crippen LogP contribution in [0.25, 0.3) is 0 Å². The predicted molar refractivity (Wildman–Crippen MR) is 58.7 cm³/mol. The zero-order valence-corrected chi connectivity index (χ0v) is 9.87. The van der Waals surface area contributed by atoms with E-state index in [4.69, 9.17) is 0 Å². The van der Waals surface area contributed by atoms with Crippen LogP contribution in [-0.2, 0) is 9.53 Å². The molecule has 0 bridgehead atoms. The van der Waals surface area contributed by atoms with Crippen molar-refractivity contribution in [2.45, 2.75) is 30.5 Å². The Labute approximate surface area is 93.5 Å². The fourth-order valence-corrected chi connectivity index (χ4v) is 2.04. The Balaban J connectivity index is 2.51. The Morgan fingerprint density at radius 2 is 2.33 bits per heavy atom. The van der Waals surface area contributed by atoms with Gasteiger partial charge in [-0.1, -0.05) is 6.92 Å². The summed E-state index contributed by atoms with van der Waals surface area (Å²) >= 11 is 1.55. The average molecular weight is 226 g/mol. The number of carbonyl (C=O) groups excluding carboxylic acids is 1. The molecule has 0 saturated carbocycles. The molecule has 0 aliphatic heterocycles. The number of hydrogen-bond acceptors (Lipinski definition) is 5. The molecule has 1 rings (SSSR count). The lowest BCUT2D eigenvalue weighted by Crippen LogP contribution is -2.08. The summed E-state index contributed by atoms with van der Waals surface area (Å²) < 4.78 is 4.60. The first-order valence-corrected chi connectivity index (χ1v) is 5.52. The summed E-state index contributed by atoms with van der Waals surface area (Å²) in [6, 6.07) is 1.90. The Kier molecular flexibility index (Phi) is 4.55. The van der Waals surface area contributed by atoms with E-state index in [1.807, 2.05) is 19.9 Å². The summed E-state index contributed by atoms with van der Waals surface area (Å²) in [5, 5.41) is 1.05. The number of hydrogen-bond donors (Lipinski definition) is 0. The van der Waals surface area contributed by atoms with E-state index in [-0.39, 0.29) is 11.2 Å². The Bertz CT molecular complexity index is 344. The molecule has 1 unspecified atom stereocenters. The fourth-order valence-electron chi connectivity index (χ4n) is 1.06. The lowest BCUT2D eigenvalue weighted by atomic mass is 10.3. The van der Waals surface area contributed by atoms with Crippen molar-refractivity contribution in [3.63, 3.8) is 0 Å². The molecule has 0 spiro atoms. The van der Waals surface area contributed by atoms with Crippen molar-refractivity contribution in [2.24, 2.45) is 0 Å². The molecule has 4 nitrogen and oxygen atoms in total. The van der Waals surface area contributed by atoms with Crippen LogP contribution >= 0.6 is 11.8 Å². The summed E-state index contributed by atoms with van der Waals surface area (Å²) in [5.41, 5.74) is 0.928. The van der Waals surface area contributed by atoms with E-state index in [0.29, 0.717) is 6.42 Å². The van der Waals surface area contributed by atoms with Gasteiger partial charge in [0, 0.05) is 10.9 Å². The number of aromatic nitrogens is 2. The van der Waals surface area contributed by atoms with Crippen LogP contribution < -0.4 is 0 Å². The van der Waals surface area contributed by atoms with Gasteiger partial charge in [-0.05, 0) is 13.0 Å². The zero-order chi connectivity index (χ0) is 11.3. The molecule has 1 aromatic rings. The van der Waals surface area contributed by atoms with Gasteiger partial charge < -0.3 is 4.74 Å². The molecule has 82 valence electrons. The van der Waals surface area contributed by atoms with Gasteiger partial charge in [0.1, 0.15) is 6.33 Å². The first kappa shape index (κ1) is 12.0. The molecule has 1 heterocycles. The molecule has 0 aliphatic rings. The maximum atomic E-state index is 11.0. The lowest BCUT2D eigenvalue weighted by molar-refractivity contribution is -0.140. The Morgan fingerprint density at radius 1 is 1.60 bits per heavy atom. The minimum atomic E-state index is -0.194. The van der Waals surface area contributed by atoms with Gasteiger partial charge >= 0.3 is 5.97 Å². The van der Waals surface area contributed by atoms with Crippen LogP contribution in [0.5, 0.6) is 0 Å². The highest BCUT2D eigenvalue weighted by atomic mass is 32.2. The molecule has 5 heteroatoms. The van der Waals surface area contributed by atoms with E-state index in [2.05, 4.69) is 14.7 Å². The van der Waals surface area contributed by atoms with E-state index < -0.39 is 0 Å². The standard InChI is InChI=1S/C10H14N2O2S/c1-7-4-9(12-6-11-7)15-8(2)5-10(13)14-3/h4,6,8H,5H2,1-3H3. The molecule has 0 fully saturated rings. The van der Waals surface area contributed by atoms with Crippen LogP contribution in [0.1, 0.15) is 19.0 Å². The van der Waals surface area contributed by atoms with E-state index >= 15 is 0 Å². The minimum Gasteiger partial charge on any atom is -0.469 e. The topological polar surface area (TPSA) is 52.1 Å². The van der Waals surface area contributed by atoms with Gasteiger partial charge in [-0.25, -0.2) is 9.97 Å². The maximum Gasteiger partial charge on any atom is 0.306 e. The first-order valence-electron chi connectivity index (χ1n) is 4.64. The van der Waals surface area contributed by atoms with Crippen LogP contribution in [0.4, 0.5) is 0 Å². The molecule has 1 atom stereocenters. The van der Waals surface area contributed by atoms with Gasteiger partial charge in [-0.15, -0.1) is 11.8 Å². The monoisotopic (exact) mass is 226 g/mol. The minimum absolute atomic E-state index is 0.159. The van der Waals surface area contributed by atoms with Crippen molar-refractivity contribution in [3.05, 3.63) is 18.1 Å². The normalized spacial score (nSPS) is 12.2. The van der Waals surface area contributed by atoms with E-state index in [0.717, 1.165) is 10.7 Å². The largest absolute Gasteiger partial charge is 0.469 e. The SMILES string of the molecule is COC(=O)CC(C)Sc1cc(C)ncn1. The molecule has 0 amide bonds. The summed E-state index contributed by atoms with van der Waals surface area (Å²) in [7, 11) is 1.40. The number of carbonyl (C=O) groups is 1. The summed E-state index contributed by atoms with van der Waals surface area (Å²) in [6.45, 7) is 3.88. The maximum absolute atomic E-state index is 11.0. The molecule has 0 saturated heterocycles. The van der Waals surface area contributed by atoms with Crippen molar-refractivity contribution in [1.29, 1.82) is 0 Å². The van der Waals surface area contributed by atoms with Crippen molar-refractivity contribution < 1.29 is 9.53 Å². The highest BCUT2D eigenvalue weighted by molar-refractivity contribution is 7.99. The van der Waals surface area contributed by atoms with Gasteiger partial charge in [-0.3, -0.25) is 4.79 Å². The van der Waals surface area contributed by atoms with Crippen molar-refractivity contribution in [2.75, 3.05) is 7.11 Å². The van der Waals surface area contributed by atoms with E-state index in [1.54, 1.807) is 11.8 Å². The number of aryl methyl sites for hydroxylation is 1. The smallest absolute Gasteiger partial charge is 0.306 e. The molecule has 0 N–H and O–H groups in total. The third-order valence-corrected chi connectivity index (χ3v) is 2.82. The molecule has 0 aromatic carbocycles. The van der Waals surface area contributed by atoms with Gasteiger partial charge in [0.05, 0.1) is 18.6 Å². The first-order chi connectivity index (χ1) is 7.11. The molecule has 15 heavy (non-hydrogen) atoms. The number of rotatable bonds is 4. The predicted octanol–water partition coefficient (Wildman–Crippen LogP) is 1.83. The Hall–Kier alpha value is -1.10. The number of methoxy groups -OCH3 is 1. The summed E-state index contributed by atoms with van der Waals surface area (Å²) in [5.74, 6) is -0.194. The fraction of sp³-hybridized carbons (Fsp3) is 0.500. The third kappa shape index (κ3) is 4.29. The lowest BCUT2D eigenvalue weighted by Gasteiger charge is -2.08. The molecular formula is C10H14N2O2S. The second kappa shape index (κ2) is 5.70. The Morgan fingerprint density at radius 3 is 2.93 bits per heavy atom. The molecule has 0 radical (unpaired) electrons. The highest BCUT2D eigenvalue weighted by Crippen LogP contribution is 2.23. The zero-order valence-electron chi connectivity index (χ0n) is 9.06. The second-order valence-electron chi connectivity index (χ2n) is 3.21. The van der Waals surface area contributed by atoms with Gasteiger partial charge in [-0.2, -0.15) is 0 Å². The van der Waals surface area contributed by atoms with Crippen LogP contribution in [0, 0.1) is 6.92 Å². The molecular weight excluding hydrogens is 212 g/mol.